The highest BCUT2D eigenvalue weighted by molar-refractivity contribution is 6.30. The number of nitrogens with zero attached hydrogens (tertiary/aromatic N) is 2. The van der Waals surface area contributed by atoms with Crippen LogP contribution in [0.4, 0.5) is 0 Å². The zero-order valence-electron chi connectivity index (χ0n) is 14.0. The third-order valence-electron chi connectivity index (χ3n) is 4.85. The first kappa shape index (κ1) is 17.0. The highest BCUT2D eigenvalue weighted by Crippen LogP contribution is 2.27. The zero-order chi connectivity index (χ0) is 16.9. The molecule has 2 aromatic rings. The zero-order valence-corrected chi connectivity index (χ0v) is 14.7. The third-order valence-corrected chi connectivity index (χ3v) is 5.11. The molecule has 0 radical (unpaired) electrons. The fraction of sp³-hybridized carbons (Fsp3) is 0.400. The number of aromatic nitrogens is 1. The molecule has 2 heterocycles. The molecule has 1 aliphatic rings. The fourth-order valence-corrected chi connectivity index (χ4v) is 3.37. The monoisotopic (exact) mass is 342 g/mol. The molecule has 1 amide bonds. The maximum Gasteiger partial charge on any atom is 0.230 e. The second-order valence-electron chi connectivity index (χ2n) is 6.67. The molecule has 24 heavy (non-hydrogen) atoms. The molecule has 1 aliphatic heterocycles. The largest absolute Gasteiger partial charge is 0.342 e. The Morgan fingerprint density at radius 2 is 1.79 bits per heavy atom. The van der Waals surface area contributed by atoms with Crippen molar-refractivity contribution in [1.29, 1.82) is 0 Å². The molecule has 1 atom stereocenters. The molecule has 0 saturated carbocycles. The van der Waals surface area contributed by atoms with Crippen molar-refractivity contribution in [2.24, 2.45) is 5.92 Å². The minimum atomic E-state index is -0.168. The van der Waals surface area contributed by atoms with Gasteiger partial charge in [-0.2, -0.15) is 0 Å². The maximum absolute atomic E-state index is 13.2. The Labute approximate surface area is 148 Å². The van der Waals surface area contributed by atoms with Crippen molar-refractivity contribution in [2.45, 2.75) is 32.1 Å². The van der Waals surface area contributed by atoms with E-state index in [-0.39, 0.29) is 11.8 Å². The number of rotatable bonds is 4. The molecule has 1 unspecified atom stereocenters. The highest BCUT2D eigenvalue weighted by Gasteiger charge is 2.28. The van der Waals surface area contributed by atoms with Crippen LogP contribution in [0, 0.1) is 5.92 Å². The average Bonchev–Trinajstić information content (AvgIpc) is 2.62. The molecular formula is C20H23ClN2O. The lowest BCUT2D eigenvalue weighted by Crippen LogP contribution is -2.41. The minimum absolute atomic E-state index is 0.168. The Balaban J connectivity index is 1.83. The Bertz CT molecular complexity index is 664. The van der Waals surface area contributed by atoms with Gasteiger partial charge in [-0.25, -0.2) is 0 Å². The van der Waals surface area contributed by atoms with Gasteiger partial charge in [-0.15, -0.1) is 0 Å². The third kappa shape index (κ3) is 4.15. The second kappa shape index (κ2) is 7.80. The lowest BCUT2D eigenvalue weighted by atomic mass is 9.89. The van der Waals surface area contributed by atoms with Crippen molar-refractivity contribution in [2.75, 3.05) is 13.1 Å². The van der Waals surface area contributed by atoms with Crippen LogP contribution in [0.1, 0.15) is 36.8 Å². The molecule has 0 bridgehead atoms. The molecule has 126 valence electrons. The van der Waals surface area contributed by atoms with E-state index in [0.29, 0.717) is 17.4 Å². The second-order valence-corrected chi connectivity index (χ2v) is 7.11. The predicted molar refractivity (Wildman–Crippen MR) is 97.1 cm³/mol. The Morgan fingerprint density at radius 1 is 1.17 bits per heavy atom. The van der Waals surface area contributed by atoms with Crippen LogP contribution in [0.2, 0.25) is 5.02 Å². The van der Waals surface area contributed by atoms with E-state index < -0.39 is 0 Å². The number of benzene rings is 1. The lowest BCUT2D eigenvalue weighted by Gasteiger charge is -2.33. The van der Waals surface area contributed by atoms with Crippen LogP contribution in [0.15, 0.2) is 48.8 Å². The first-order chi connectivity index (χ1) is 11.6. The van der Waals surface area contributed by atoms with E-state index in [1.807, 2.05) is 41.3 Å². The molecule has 4 heteroatoms. The Kier molecular flexibility index (Phi) is 5.52. The van der Waals surface area contributed by atoms with Crippen LogP contribution >= 0.6 is 11.6 Å². The summed E-state index contributed by atoms with van der Waals surface area (Å²) in [6.45, 7) is 3.98. The number of halogens is 1. The summed E-state index contributed by atoms with van der Waals surface area (Å²) in [5, 5.41) is 0.695. The molecule has 1 aromatic carbocycles. The first-order valence-corrected chi connectivity index (χ1v) is 8.94. The fourth-order valence-electron chi connectivity index (χ4n) is 3.25. The quantitative estimate of drug-likeness (QED) is 0.829. The standard InChI is InChI=1S/C20H23ClN2O/c1-15-8-12-23(13-9-15)20(24)19(14-16-6-10-22-11-7-16)17-2-4-18(21)5-3-17/h2-7,10-11,15,19H,8-9,12-14H2,1H3. The van der Waals surface area contributed by atoms with Gasteiger partial charge >= 0.3 is 0 Å². The van der Waals surface area contributed by atoms with Gasteiger partial charge in [0.15, 0.2) is 0 Å². The van der Waals surface area contributed by atoms with Crippen molar-refractivity contribution in [3.63, 3.8) is 0 Å². The highest BCUT2D eigenvalue weighted by atomic mass is 35.5. The van der Waals surface area contributed by atoms with E-state index >= 15 is 0 Å². The topological polar surface area (TPSA) is 33.2 Å². The van der Waals surface area contributed by atoms with Crippen molar-refractivity contribution < 1.29 is 4.79 Å². The molecule has 3 rings (SSSR count). The SMILES string of the molecule is CC1CCN(C(=O)C(Cc2ccncc2)c2ccc(Cl)cc2)CC1. The van der Waals surface area contributed by atoms with Gasteiger partial charge < -0.3 is 4.90 Å². The van der Waals surface area contributed by atoms with E-state index in [9.17, 15) is 4.79 Å². The van der Waals surface area contributed by atoms with E-state index in [2.05, 4.69) is 11.9 Å². The number of hydrogen-bond donors (Lipinski definition) is 0. The van der Waals surface area contributed by atoms with E-state index in [4.69, 9.17) is 11.6 Å². The number of carbonyl (C=O) groups excluding carboxylic acids is 1. The van der Waals surface area contributed by atoms with Gasteiger partial charge in [0.25, 0.3) is 0 Å². The van der Waals surface area contributed by atoms with Crippen LogP contribution in [0.25, 0.3) is 0 Å². The number of hydrogen-bond acceptors (Lipinski definition) is 2. The van der Waals surface area contributed by atoms with Crippen LogP contribution in [0.5, 0.6) is 0 Å². The van der Waals surface area contributed by atoms with Crippen molar-refractivity contribution >= 4 is 17.5 Å². The van der Waals surface area contributed by atoms with Gasteiger partial charge in [0.2, 0.25) is 5.91 Å². The van der Waals surface area contributed by atoms with E-state index in [1.54, 1.807) is 12.4 Å². The van der Waals surface area contributed by atoms with Gasteiger partial charge in [0.1, 0.15) is 0 Å². The smallest absolute Gasteiger partial charge is 0.230 e. The Hall–Kier alpha value is -1.87. The summed E-state index contributed by atoms with van der Waals surface area (Å²) in [7, 11) is 0. The number of carbonyl (C=O) groups is 1. The molecule has 0 spiro atoms. The molecule has 0 N–H and O–H groups in total. The van der Waals surface area contributed by atoms with E-state index in [0.717, 1.165) is 37.1 Å². The van der Waals surface area contributed by atoms with Crippen LogP contribution in [-0.2, 0) is 11.2 Å². The summed E-state index contributed by atoms with van der Waals surface area (Å²) in [4.78, 5) is 19.3. The minimum Gasteiger partial charge on any atom is -0.342 e. The Morgan fingerprint density at radius 3 is 2.42 bits per heavy atom. The van der Waals surface area contributed by atoms with Crippen LogP contribution < -0.4 is 0 Å². The van der Waals surface area contributed by atoms with Crippen molar-refractivity contribution in [3.05, 3.63) is 64.9 Å². The normalized spacial score (nSPS) is 16.8. The summed E-state index contributed by atoms with van der Waals surface area (Å²) in [5.41, 5.74) is 2.16. The number of likely N-dealkylation sites (tertiary alicyclic amines) is 1. The summed E-state index contributed by atoms with van der Waals surface area (Å²) in [6, 6.07) is 11.6. The lowest BCUT2D eigenvalue weighted by molar-refractivity contribution is -0.134. The molecule has 3 nitrogen and oxygen atoms in total. The molecule has 0 aliphatic carbocycles. The van der Waals surface area contributed by atoms with Gasteiger partial charge in [0.05, 0.1) is 5.92 Å². The summed E-state index contributed by atoms with van der Waals surface area (Å²) in [6.07, 6.45) is 6.43. The maximum atomic E-state index is 13.2. The molecule has 1 aromatic heterocycles. The first-order valence-electron chi connectivity index (χ1n) is 8.56. The van der Waals surface area contributed by atoms with Crippen molar-refractivity contribution in [1.82, 2.24) is 9.88 Å². The van der Waals surface area contributed by atoms with Gasteiger partial charge in [-0.3, -0.25) is 9.78 Å². The van der Waals surface area contributed by atoms with E-state index in [1.165, 1.54) is 0 Å². The molecule has 1 saturated heterocycles. The number of amides is 1. The summed E-state index contributed by atoms with van der Waals surface area (Å²) < 4.78 is 0. The van der Waals surface area contributed by atoms with Crippen molar-refractivity contribution in [3.8, 4) is 0 Å². The van der Waals surface area contributed by atoms with Crippen LogP contribution in [-0.4, -0.2) is 28.9 Å². The van der Waals surface area contributed by atoms with Gasteiger partial charge in [-0.1, -0.05) is 30.7 Å². The summed E-state index contributed by atoms with van der Waals surface area (Å²) in [5.74, 6) is 0.766. The molecule has 1 fully saturated rings. The number of piperidine rings is 1. The number of pyridine rings is 1. The predicted octanol–water partition coefficient (Wildman–Crippen LogP) is 4.32. The molecular weight excluding hydrogens is 320 g/mol. The van der Waals surface area contributed by atoms with Gasteiger partial charge in [0, 0.05) is 30.5 Å². The average molecular weight is 343 g/mol. The summed E-state index contributed by atoms with van der Waals surface area (Å²) >= 11 is 6.02. The van der Waals surface area contributed by atoms with Crippen LogP contribution in [0.3, 0.4) is 0 Å². The van der Waals surface area contributed by atoms with Gasteiger partial charge in [-0.05, 0) is 60.6 Å².